The number of hydrogen-bond donors (Lipinski definition) is 1. The summed E-state index contributed by atoms with van der Waals surface area (Å²) in [5.74, 6) is -0.409. The van der Waals surface area contributed by atoms with Crippen LogP contribution in [0.25, 0.3) is 0 Å². The van der Waals surface area contributed by atoms with Crippen molar-refractivity contribution in [2.45, 2.75) is 52.6 Å². The molecule has 1 N–H and O–H groups in total. The fourth-order valence-electron chi connectivity index (χ4n) is 3.09. The van der Waals surface area contributed by atoms with E-state index in [2.05, 4.69) is 44.5 Å². The van der Waals surface area contributed by atoms with Crippen LogP contribution in [0.3, 0.4) is 0 Å². The molecule has 1 aliphatic rings. The number of piperidine rings is 1. The average molecular weight is 358 g/mol. The second-order valence-electron chi connectivity index (χ2n) is 5.72. The zero-order valence-corrected chi connectivity index (χ0v) is 14.4. The number of aryl methyl sites for hydroxylation is 2. The number of aromatic nitrogens is 2. The highest BCUT2D eigenvalue weighted by molar-refractivity contribution is 9.10. The van der Waals surface area contributed by atoms with Crippen LogP contribution in [0.15, 0.2) is 4.47 Å². The summed E-state index contributed by atoms with van der Waals surface area (Å²) in [5.41, 5.74) is 2.32. The molecule has 0 saturated carbocycles. The lowest BCUT2D eigenvalue weighted by molar-refractivity contribution is -0.138. The van der Waals surface area contributed by atoms with Gasteiger partial charge in [-0.15, -0.1) is 0 Å². The highest BCUT2D eigenvalue weighted by atomic mass is 79.9. The first-order valence-corrected chi connectivity index (χ1v) is 8.52. The van der Waals surface area contributed by atoms with E-state index >= 15 is 0 Å². The standard InChI is InChI=1S/C15H24BrN3O2/c1-3-12-15(16)13(19(4-2)17-12)10-18-7-5-6-11(9-18)8-14(20)21/h11H,3-10H2,1-2H3,(H,20,21). The van der Waals surface area contributed by atoms with Gasteiger partial charge in [0.25, 0.3) is 0 Å². The van der Waals surface area contributed by atoms with E-state index in [0.717, 1.165) is 55.6 Å². The third kappa shape index (κ3) is 4.07. The van der Waals surface area contributed by atoms with Gasteiger partial charge in [0.2, 0.25) is 0 Å². The van der Waals surface area contributed by atoms with Gasteiger partial charge in [0.15, 0.2) is 0 Å². The van der Waals surface area contributed by atoms with Gasteiger partial charge in [0.05, 0.1) is 15.9 Å². The van der Waals surface area contributed by atoms with Crippen molar-refractivity contribution in [2.75, 3.05) is 13.1 Å². The van der Waals surface area contributed by atoms with Gasteiger partial charge in [-0.25, -0.2) is 0 Å². The quantitative estimate of drug-likeness (QED) is 0.850. The van der Waals surface area contributed by atoms with Crippen molar-refractivity contribution in [3.05, 3.63) is 15.9 Å². The first kappa shape index (κ1) is 16.5. The van der Waals surface area contributed by atoms with Crippen LogP contribution in [0.5, 0.6) is 0 Å². The largest absolute Gasteiger partial charge is 0.481 e. The molecular formula is C15H24BrN3O2. The van der Waals surface area contributed by atoms with E-state index < -0.39 is 5.97 Å². The lowest BCUT2D eigenvalue weighted by Crippen LogP contribution is -2.36. The van der Waals surface area contributed by atoms with Crippen LogP contribution in [0.1, 0.15) is 44.5 Å². The minimum Gasteiger partial charge on any atom is -0.481 e. The molecule has 0 spiro atoms. The Hall–Kier alpha value is -0.880. The van der Waals surface area contributed by atoms with Crippen LogP contribution in [-0.4, -0.2) is 38.8 Å². The molecule has 0 aliphatic carbocycles. The summed E-state index contributed by atoms with van der Waals surface area (Å²) in [7, 11) is 0. The van der Waals surface area contributed by atoms with E-state index in [4.69, 9.17) is 5.11 Å². The molecule has 0 amide bonds. The van der Waals surface area contributed by atoms with Gasteiger partial charge < -0.3 is 5.11 Å². The molecule has 2 heterocycles. The molecule has 118 valence electrons. The van der Waals surface area contributed by atoms with Crippen molar-refractivity contribution < 1.29 is 9.90 Å². The van der Waals surface area contributed by atoms with Crippen LogP contribution in [0, 0.1) is 5.92 Å². The Morgan fingerprint density at radius 2 is 2.24 bits per heavy atom. The van der Waals surface area contributed by atoms with E-state index in [1.54, 1.807) is 0 Å². The second kappa shape index (κ2) is 7.40. The number of hydrogen-bond acceptors (Lipinski definition) is 3. The summed E-state index contributed by atoms with van der Waals surface area (Å²) in [5, 5.41) is 13.6. The summed E-state index contributed by atoms with van der Waals surface area (Å²) in [6.45, 7) is 7.83. The molecule has 0 aromatic carbocycles. The first-order chi connectivity index (χ1) is 10.0. The maximum atomic E-state index is 10.9. The molecule has 1 aromatic heterocycles. The Morgan fingerprint density at radius 1 is 1.48 bits per heavy atom. The molecule has 21 heavy (non-hydrogen) atoms. The van der Waals surface area contributed by atoms with E-state index in [1.165, 1.54) is 5.69 Å². The van der Waals surface area contributed by atoms with Crippen molar-refractivity contribution >= 4 is 21.9 Å². The number of likely N-dealkylation sites (tertiary alicyclic amines) is 1. The maximum absolute atomic E-state index is 10.9. The lowest BCUT2D eigenvalue weighted by atomic mass is 9.95. The molecular weight excluding hydrogens is 334 g/mol. The minimum absolute atomic E-state index is 0.277. The van der Waals surface area contributed by atoms with Crippen LogP contribution in [0.2, 0.25) is 0 Å². The van der Waals surface area contributed by atoms with Gasteiger partial charge in [-0.1, -0.05) is 6.92 Å². The molecule has 0 bridgehead atoms. The Kier molecular flexibility index (Phi) is 5.81. The van der Waals surface area contributed by atoms with Crippen molar-refractivity contribution in [3.63, 3.8) is 0 Å². The van der Waals surface area contributed by atoms with Gasteiger partial charge in [-0.05, 0) is 54.6 Å². The monoisotopic (exact) mass is 357 g/mol. The SMILES string of the molecule is CCc1nn(CC)c(CN2CCCC(CC(=O)O)C2)c1Br. The van der Waals surface area contributed by atoms with Crippen LogP contribution >= 0.6 is 15.9 Å². The number of nitrogens with zero attached hydrogens (tertiary/aromatic N) is 3. The van der Waals surface area contributed by atoms with Crippen molar-refractivity contribution in [1.29, 1.82) is 0 Å². The molecule has 0 radical (unpaired) electrons. The predicted molar refractivity (Wildman–Crippen MR) is 85.2 cm³/mol. The van der Waals surface area contributed by atoms with Gasteiger partial charge in [-0.2, -0.15) is 5.10 Å². The fraction of sp³-hybridized carbons (Fsp3) is 0.733. The summed E-state index contributed by atoms with van der Waals surface area (Å²) in [4.78, 5) is 13.3. The topological polar surface area (TPSA) is 58.4 Å². The predicted octanol–water partition coefficient (Wildman–Crippen LogP) is 2.91. The van der Waals surface area contributed by atoms with Gasteiger partial charge >= 0.3 is 5.97 Å². The smallest absolute Gasteiger partial charge is 0.303 e. The van der Waals surface area contributed by atoms with Crippen molar-refractivity contribution in [3.8, 4) is 0 Å². The van der Waals surface area contributed by atoms with Crippen LogP contribution < -0.4 is 0 Å². The third-order valence-electron chi connectivity index (χ3n) is 4.13. The Balaban J connectivity index is 2.07. The number of carboxylic acids is 1. The molecule has 1 aliphatic heterocycles. The minimum atomic E-state index is -0.685. The summed E-state index contributed by atoms with van der Waals surface area (Å²) < 4.78 is 3.18. The van der Waals surface area contributed by atoms with Gasteiger partial charge in [0.1, 0.15) is 0 Å². The van der Waals surface area contributed by atoms with Crippen molar-refractivity contribution in [1.82, 2.24) is 14.7 Å². The number of halogens is 1. The maximum Gasteiger partial charge on any atom is 0.303 e. The Morgan fingerprint density at radius 3 is 2.86 bits per heavy atom. The highest BCUT2D eigenvalue weighted by Crippen LogP contribution is 2.26. The molecule has 1 saturated heterocycles. The van der Waals surface area contributed by atoms with Crippen LogP contribution in [-0.2, 0) is 24.3 Å². The molecule has 1 unspecified atom stereocenters. The second-order valence-corrected chi connectivity index (χ2v) is 6.51. The normalized spacial score (nSPS) is 19.9. The first-order valence-electron chi connectivity index (χ1n) is 7.73. The summed E-state index contributed by atoms with van der Waals surface area (Å²) >= 11 is 3.68. The molecule has 6 heteroatoms. The lowest BCUT2D eigenvalue weighted by Gasteiger charge is -2.32. The van der Waals surface area contributed by atoms with Crippen LogP contribution in [0.4, 0.5) is 0 Å². The Bertz CT molecular complexity index is 501. The highest BCUT2D eigenvalue weighted by Gasteiger charge is 2.24. The molecule has 1 fully saturated rings. The van der Waals surface area contributed by atoms with E-state index in [1.807, 2.05) is 0 Å². The third-order valence-corrected chi connectivity index (χ3v) is 5.05. The summed E-state index contributed by atoms with van der Waals surface area (Å²) in [6.07, 6.45) is 3.31. The van der Waals surface area contributed by atoms with E-state index in [0.29, 0.717) is 0 Å². The molecule has 1 aromatic rings. The number of aliphatic carboxylic acids is 1. The summed E-state index contributed by atoms with van der Waals surface area (Å²) in [6, 6.07) is 0. The Labute approximate surface area is 134 Å². The number of rotatable bonds is 6. The zero-order valence-electron chi connectivity index (χ0n) is 12.8. The number of carbonyl (C=O) groups is 1. The van der Waals surface area contributed by atoms with Crippen molar-refractivity contribution in [2.24, 2.45) is 5.92 Å². The van der Waals surface area contributed by atoms with E-state index in [-0.39, 0.29) is 12.3 Å². The zero-order chi connectivity index (χ0) is 15.4. The van der Waals surface area contributed by atoms with E-state index in [9.17, 15) is 4.79 Å². The molecule has 2 rings (SSSR count). The molecule has 5 nitrogen and oxygen atoms in total. The average Bonchev–Trinajstić information content (AvgIpc) is 2.75. The fourth-order valence-corrected chi connectivity index (χ4v) is 3.78. The number of carboxylic acid groups (broad SMARTS) is 1. The van der Waals surface area contributed by atoms with Gasteiger partial charge in [0, 0.05) is 26.1 Å². The molecule has 1 atom stereocenters. The van der Waals surface area contributed by atoms with Gasteiger partial charge in [-0.3, -0.25) is 14.4 Å².